The molecular formula is C43H53N7O7. The predicted molar refractivity (Wildman–Crippen MR) is 216 cm³/mol. The van der Waals surface area contributed by atoms with Gasteiger partial charge >= 0.3 is 12.2 Å². The lowest BCUT2D eigenvalue weighted by atomic mass is 9.98. The number of alkyl carbamates (subject to hydrolysis) is 2. The fraction of sp³-hybridized carbons (Fsp3) is 0.442. The summed E-state index contributed by atoms with van der Waals surface area (Å²) in [6.45, 7) is 8.06. The van der Waals surface area contributed by atoms with E-state index in [1.165, 1.54) is 14.2 Å². The number of benzene rings is 3. The van der Waals surface area contributed by atoms with Crippen molar-refractivity contribution in [3.63, 3.8) is 0 Å². The Labute approximate surface area is 332 Å². The number of likely N-dealkylation sites (tertiary alicyclic amines) is 1. The van der Waals surface area contributed by atoms with Crippen LogP contribution in [0.4, 0.5) is 9.59 Å². The third kappa shape index (κ3) is 9.38. The van der Waals surface area contributed by atoms with E-state index in [9.17, 15) is 24.0 Å². The Bertz CT molecular complexity index is 2110. The van der Waals surface area contributed by atoms with Crippen LogP contribution in [-0.2, 0) is 19.1 Å². The lowest BCUT2D eigenvalue weighted by molar-refractivity contribution is -0.135. The van der Waals surface area contributed by atoms with Crippen LogP contribution in [0.5, 0.6) is 0 Å². The molecule has 0 bridgehead atoms. The van der Waals surface area contributed by atoms with Crippen LogP contribution < -0.4 is 21.3 Å². The minimum atomic E-state index is -0.757. The monoisotopic (exact) mass is 779 g/mol. The lowest BCUT2D eigenvalue weighted by Crippen LogP contribution is -2.55. The molecule has 1 saturated carbocycles. The smallest absolute Gasteiger partial charge is 0.407 e. The highest BCUT2D eigenvalue weighted by Gasteiger charge is 2.38. The van der Waals surface area contributed by atoms with Crippen molar-refractivity contribution >= 4 is 40.7 Å². The second-order valence-corrected chi connectivity index (χ2v) is 15.6. The zero-order chi connectivity index (χ0) is 40.8. The summed E-state index contributed by atoms with van der Waals surface area (Å²) in [5.74, 6) is -0.246. The number of imidazole rings is 1. The Morgan fingerprint density at radius 3 is 2.02 bits per heavy atom. The first kappa shape index (κ1) is 40.7. The molecule has 14 heteroatoms. The van der Waals surface area contributed by atoms with Crippen molar-refractivity contribution in [2.75, 3.05) is 20.8 Å². The quantitative estimate of drug-likeness (QED) is 0.114. The molecule has 14 nitrogen and oxygen atoms in total. The van der Waals surface area contributed by atoms with Crippen LogP contribution in [0, 0.1) is 11.8 Å². The molecule has 4 aromatic rings. The number of ether oxygens (including phenoxy) is 2. The molecule has 2 heterocycles. The van der Waals surface area contributed by atoms with Crippen LogP contribution in [-0.4, -0.2) is 89.7 Å². The average Bonchev–Trinajstić information content (AvgIpc) is 4.00. The van der Waals surface area contributed by atoms with Gasteiger partial charge in [0.05, 0.1) is 32.2 Å². The van der Waals surface area contributed by atoms with Crippen molar-refractivity contribution in [1.29, 1.82) is 0 Å². The largest absolute Gasteiger partial charge is 0.453 e. The van der Waals surface area contributed by atoms with Gasteiger partial charge in [-0.1, -0.05) is 64.1 Å². The predicted octanol–water partition coefficient (Wildman–Crippen LogP) is 6.09. The summed E-state index contributed by atoms with van der Waals surface area (Å²) in [6, 6.07) is 17.7. The first-order chi connectivity index (χ1) is 27.4. The molecule has 1 saturated heterocycles. The summed E-state index contributed by atoms with van der Waals surface area (Å²) in [6.07, 6.45) is 4.39. The minimum Gasteiger partial charge on any atom is -0.453 e. The van der Waals surface area contributed by atoms with Crippen molar-refractivity contribution in [2.24, 2.45) is 11.8 Å². The number of nitrogens with zero attached hydrogens (tertiary/aromatic N) is 2. The molecule has 5 amide bonds. The van der Waals surface area contributed by atoms with Crippen molar-refractivity contribution in [3.8, 4) is 22.4 Å². The summed E-state index contributed by atoms with van der Waals surface area (Å²) in [5, 5.41) is 13.5. The van der Waals surface area contributed by atoms with Gasteiger partial charge in [-0.05, 0) is 90.1 Å². The van der Waals surface area contributed by atoms with Crippen molar-refractivity contribution in [1.82, 2.24) is 36.1 Å². The molecule has 5 N–H and O–H groups in total. The van der Waals surface area contributed by atoms with E-state index in [2.05, 4.69) is 55.5 Å². The van der Waals surface area contributed by atoms with Gasteiger partial charge in [0.25, 0.3) is 5.91 Å². The van der Waals surface area contributed by atoms with E-state index in [-0.39, 0.29) is 47.7 Å². The van der Waals surface area contributed by atoms with Gasteiger partial charge in [-0.3, -0.25) is 14.4 Å². The number of rotatable bonds is 12. The summed E-state index contributed by atoms with van der Waals surface area (Å²) in [4.78, 5) is 73.9. The number of H-pyrrole nitrogens is 1. The van der Waals surface area contributed by atoms with Gasteiger partial charge in [0.15, 0.2) is 0 Å². The van der Waals surface area contributed by atoms with E-state index in [0.717, 1.165) is 65.3 Å². The molecule has 0 spiro atoms. The zero-order valence-corrected chi connectivity index (χ0v) is 33.4. The maximum Gasteiger partial charge on any atom is 0.407 e. The second-order valence-electron chi connectivity index (χ2n) is 15.6. The van der Waals surface area contributed by atoms with Gasteiger partial charge in [0.2, 0.25) is 11.8 Å². The van der Waals surface area contributed by atoms with Crippen molar-refractivity contribution in [2.45, 2.75) is 90.0 Å². The van der Waals surface area contributed by atoms with Crippen LogP contribution in [0.3, 0.4) is 0 Å². The number of hydrogen-bond acceptors (Lipinski definition) is 8. The summed E-state index contributed by atoms with van der Waals surface area (Å²) in [7, 11) is 2.54. The van der Waals surface area contributed by atoms with Crippen molar-refractivity contribution in [3.05, 3.63) is 78.2 Å². The Morgan fingerprint density at radius 2 is 1.35 bits per heavy atom. The highest BCUT2D eigenvalue weighted by atomic mass is 16.5. The average molecular weight is 780 g/mol. The number of aromatic nitrogens is 2. The van der Waals surface area contributed by atoms with E-state index in [1.54, 1.807) is 17.2 Å². The Hall–Kier alpha value is -5.92. The molecule has 3 aromatic carbocycles. The van der Waals surface area contributed by atoms with Crippen LogP contribution in [0.1, 0.15) is 82.0 Å². The first-order valence-electron chi connectivity index (χ1n) is 19.7. The van der Waals surface area contributed by atoms with Crippen LogP contribution in [0.2, 0.25) is 0 Å². The molecule has 302 valence electrons. The third-order valence-corrected chi connectivity index (χ3v) is 11.0. The highest BCUT2D eigenvalue weighted by molar-refractivity contribution is 5.97. The van der Waals surface area contributed by atoms with Crippen LogP contribution in [0.15, 0.2) is 66.9 Å². The minimum absolute atomic E-state index is 0.118. The molecule has 1 aromatic heterocycles. The lowest BCUT2D eigenvalue weighted by Gasteiger charge is -2.30. The summed E-state index contributed by atoms with van der Waals surface area (Å²) >= 11 is 0. The van der Waals surface area contributed by atoms with Gasteiger partial charge in [-0.25, -0.2) is 14.6 Å². The summed E-state index contributed by atoms with van der Waals surface area (Å²) in [5.41, 5.74) is 4.17. The maximum absolute atomic E-state index is 13.6. The molecule has 57 heavy (non-hydrogen) atoms. The van der Waals surface area contributed by atoms with E-state index < -0.39 is 24.3 Å². The topological polar surface area (TPSA) is 184 Å². The number of fused-ring (bicyclic) bond motifs is 1. The number of methoxy groups -OCH3 is 2. The van der Waals surface area contributed by atoms with Gasteiger partial charge in [0, 0.05) is 29.8 Å². The normalized spacial score (nSPS) is 18.9. The molecule has 1 aliphatic heterocycles. The molecule has 6 rings (SSSR count). The number of hydrogen-bond donors (Lipinski definition) is 5. The summed E-state index contributed by atoms with van der Waals surface area (Å²) < 4.78 is 9.45. The van der Waals surface area contributed by atoms with Gasteiger partial charge in [-0.2, -0.15) is 0 Å². The maximum atomic E-state index is 13.6. The number of carbonyl (C=O) groups is 5. The fourth-order valence-electron chi connectivity index (χ4n) is 7.83. The molecule has 5 atom stereocenters. The van der Waals surface area contributed by atoms with E-state index in [0.29, 0.717) is 17.9 Å². The van der Waals surface area contributed by atoms with Crippen molar-refractivity contribution < 1.29 is 33.4 Å². The number of amides is 5. The van der Waals surface area contributed by atoms with Gasteiger partial charge in [0.1, 0.15) is 17.9 Å². The van der Waals surface area contributed by atoms with Gasteiger partial charge < -0.3 is 40.6 Å². The standard InChI is InChI=1S/C43H53N7O7/c1-24(2)36(48-42(54)56-5)40(52)47-33-13-8-12-32(33)46-39(51)31-11-7-10-26(22-31)27-15-16-29-21-30(18-17-28(29)20-27)34-23-44-38(45-34)35-14-9-19-50(35)41(53)37(25(3)4)49-43(55)57-6/h7,10-11,15-18,20-25,32-33,35-37H,8-9,12-14,19H2,1-6H3,(H,44,45)(H,46,51)(H,47,52)(H,48,54)(H,49,55)/t32-,33-,35+,36+,37+/m1/s1. The number of carbonyl (C=O) groups excluding carboxylic acids is 5. The molecule has 1 aliphatic carbocycles. The van der Waals surface area contributed by atoms with E-state index >= 15 is 0 Å². The van der Waals surface area contributed by atoms with E-state index in [1.807, 2.05) is 58.0 Å². The van der Waals surface area contributed by atoms with Crippen LogP contribution in [0.25, 0.3) is 33.2 Å². The molecule has 2 fully saturated rings. The molecular weight excluding hydrogens is 727 g/mol. The zero-order valence-electron chi connectivity index (χ0n) is 33.4. The van der Waals surface area contributed by atoms with Crippen LogP contribution >= 0.6 is 0 Å². The first-order valence-corrected chi connectivity index (χ1v) is 19.7. The molecule has 0 radical (unpaired) electrons. The number of nitrogens with one attached hydrogen (secondary N) is 5. The number of aromatic amines is 1. The van der Waals surface area contributed by atoms with Gasteiger partial charge in [-0.15, -0.1) is 0 Å². The second kappa shape index (κ2) is 17.9. The Morgan fingerprint density at radius 1 is 0.737 bits per heavy atom. The molecule has 0 unspecified atom stereocenters. The Kier molecular flexibility index (Phi) is 12.8. The van der Waals surface area contributed by atoms with E-state index in [4.69, 9.17) is 9.47 Å². The molecule has 2 aliphatic rings. The highest BCUT2D eigenvalue weighted by Crippen LogP contribution is 2.34. The fourth-order valence-corrected chi connectivity index (χ4v) is 7.83. The Balaban J connectivity index is 1.12. The SMILES string of the molecule is COC(=O)N[C@H](C(=O)N[C@@H]1CCC[C@H]1NC(=O)c1cccc(-c2ccc3cc(-c4cnc([C@@H]5CCCN5C(=O)[C@@H](NC(=O)OC)C(C)C)[nH]4)ccc3c2)c1)C(C)C. The third-order valence-electron chi connectivity index (χ3n) is 11.0.